The molecule has 150 valence electrons. The lowest BCUT2D eigenvalue weighted by Crippen LogP contribution is -2.36. The largest absolute Gasteiger partial charge is 0.497 e. The fourth-order valence-electron chi connectivity index (χ4n) is 3.64. The zero-order valence-corrected chi connectivity index (χ0v) is 16.7. The summed E-state index contributed by atoms with van der Waals surface area (Å²) in [6.07, 6.45) is 2.33. The number of likely N-dealkylation sites (tertiary alicyclic amines) is 1. The van der Waals surface area contributed by atoms with Crippen molar-refractivity contribution in [2.45, 2.75) is 18.9 Å². The molecule has 1 unspecified atom stereocenters. The SMILES string of the molecule is COc1ccc(C(CNC(=O)c2ccc(N(C)C)c(F)c2)N2CCCC2)cc1. The van der Waals surface area contributed by atoms with Crippen LogP contribution in [0.3, 0.4) is 0 Å². The molecule has 1 aliphatic rings. The lowest BCUT2D eigenvalue weighted by Gasteiger charge is -2.28. The van der Waals surface area contributed by atoms with E-state index in [1.165, 1.54) is 6.07 Å². The number of rotatable bonds is 7. The summed E-state index contributed by atoms with van der Waals surface area (Å²) >= 11 is 0. The molecule has 0 spiro atoms. The van der Waals surface area contributed by atoms with Crippen LogP contribution in [0, 0.1) is 5.82 Å². The quantitative estimate of drug-likeness (QED) is 0.793. The predicted molar refractivity (Wildman–Crippen MR) is 110 cm³/mol. The normalized spacial score (nSPS) is 15.3. The average Bonchev–Trinajstić information content (AvgIpc) is 3.22. The second-order valence-corrected chi connectivity index (χ2v) is 7.30. The van der Waals surface area contributed by atoms with Crippen molar-refractivity contribution in [1.82, 2.24) is 10.2 Å². The Bertz CT molecular complexity index is 802. The number of carbonyl (C=O) groups is 1. The molecule has 0 aromatic heterocycles. The minimum Gasteiger partial charge on any atom is -0.497 e. The van der Waals surface area contributed by atoms with Gasteiger partial charge < -0.3 is 15.0 Å². The summed E-state index contributed by atoms with van der Waals surface area (Å²) in [5.74, 6) is 0.148. The Hall–Kier alpha value is -2.60. The monoisotopic (exact) mass is 385 g/mol. The molecule has 1 heterocycles. The van der Waals surface area contributed by atoms with Gasteiger partial charge in [-0.1, -0.05) is 12.1 Å². The lowest BCUT2D eigenvalue weighted by molar-refractivity contribution is 0.0937. The summed E-state index contributed by atoms with van der Waals surface area (Å²) in [6, 6.07) is 12.6. The van der Waals surface area contributed by atoms with Gasteiger partial charge >= 0.3 is 0 Å². The molecular weight excluding hydrogens is 357 g/mol. The fourth-order valence-corrected chi connectivity index (χ4v) is 3.64. The Balaban J connectivity index is 1.72. The third kappa shape index (κ3) is 4.62. The maximum absolute atomic E-state index is 14.2. The van der Waals surface area contributed by atoms with Crippen molar-refractivity contribution in [3.8, 4) is 5.75 Å². The number of carbonyl (C=O) groups excluding carboxylic acids is 1. The van der Waals surface area contributed by atoms with E-state index in [9.17, 15) is 9.18 Å². The Morgan fingerprint density at radius 3 is 2.43 bits per heavy atom. The van der Waals surface area contributed by atoms with Gasteiger partial charge in [-0.05, 0) is 61.8 Å². The van der Waals surface area contributed by atoms with E-state index in [2.05, 4.69) is 10.2 Å². The summed E-state index contributed by atoms with van der Waals surface area (Å²) < 4.78 is 19.4. The summed E-state index contributed by atoms with van der Waals surface area (Å²) in [7, 11) is 5.19. The molecular formula is C22H28FN3O2. The highest BCUT2D eigenvalue weighted by Crippen LogP contribution is 2.26. The molecule has 28 heavy (non-hydrogen) atoms. The molecule has 0 radical (unpaired) electrons. The molecule has 2 aromatic rings. The maximum Gasteiger partial charge on any atom is 0.251 e. The lowest BCUT2D eigenvalue weighted by atomic mass is 10.0. The van der Waals surface area contributed by atoms with Crippen molar-refractivity contribution in [2.24, 2.45) is 0 Å². The highest BCUT2D eigenvalue weighted by Gasteiger charge is 2.24. The highest BCUT2D eigenvalue weighted by molar-refractivity contribution is 5.94. The molecule has 2 aromatic carbocycles. The minimum absolute atomic E-state index is 0.0863. The van der Waals surface area contributed by atoms with Crippen LogP contribution in [0.5, 0.6) is 5.75 Å². The first kappa shape index (κ1) is 20.1. The number of anilines is 1. The van der Waals surface area contributed by atoms with Crippen LogP contribution in [-0.4, -0.2) is 51.6 Å². The topological polar surface area (TPSA) is 44.8 Å². The van der Waals surface area contributed by atoms with Gasteiger partial charge in [-0.15, -0.1) is 0 Å². The summed E-state index contributed by atoms with van der Waals surface area (Å²) in [5, 5.41) is 2.99. The maximum atomic E-state index is 14.2. The second kappa shape index (κ2) is 9.06. The standard InChI is InChI=1S/C22H28FN3O2/c1-25(2)20-11-8-17(14-19(20)23)22(27)24-15-21(26-12-4-5-13-26)16-6-9-18(28-3)10-7-16/h6-11,14,21H,4-5,12-13,15H2,1-3H3,(H,24,27). The second-order valence-electron chi connectivity index (χ2n) is 7.30. The van der Waals surface area contributed by atoms with Crippen LogP contribution < -0.4 is 15.0 Å². The van der Waals surface area contributed by atoms with E-state index < -0.39 is 5.82 Å². The smallest absolute Gasteiger partial charge is 0.251 e. The van der Waals surface area contributed by atoms with Crippen LogP contribution in [-0.2, 0) is 0 Å². The van der Waals surface area contributed by atoms with Crippen molar-refractivity contribution < 1.29 is 13.9 Å². The number of benzene rings is 2. The van der Waals surface area contributed by atoms with Crippen molar-refractivity contribution in [3.63, 3.8) is 0 Å². The molecule has 5 nitrogen and oxygen atoms in total. The van der Waals surface area contributed by atoms with Crippen LogP contribution >= 0.6 is 0 Å². The Morgan fingerprint density at radius 2 is 1.86 bits per heavy atom. The van der Waals surface area contributed by atoms with Crippen molar-refractivity contribution >= 4 is 11.6 Å². The molecule has 0 saturated carbocycles. The van der Waals surface area contributed by atoms with Gasteiger partial charge in [0.1, 0.15) is 11.6 Å². The number of ether oxygens (including phenoxy) is 1. The number of methoxy groups -OCH3 is 1. The Kier molecular flexibility index (Phi) is 6.52. The van der Waals surface area contributed by atoms with Gasteiger partial charge in [0.2, 0.25) is 0 Å². The number of nitrogens with one attached hydrogen (secondary N) is 1. The van der Waals surface area contributed by atoms with Gasteiger partial charge in [0.15, 0.2) is 0 Å². The molecule has 0 bridgehead atoms. The molecule has 1 fully saturated rings. The van der Waals surface area contributed by atoms with Gasteiger partial charge in [0.05, 0.1) is 18.8 Å². The van der Waals surface area contributed by atoms with E-state index in [1.807, 2.05) is 24.3 Å². The van der Waals surface area contributed by atoms with Crippen LogP contribution in [0.15, 0.2) is 42.5 Å². The zero-order valence-electron chi connectivity index (χ0n) is 16.7. The summed E-state index contributed by atoms with van der Waals surface area (Å²) in [6.45, 7) is 2.50. The minimum atomic E-state index is -0.399. The van der Waals surface area contributed by atoms with Crippen LogP contribution in [0.2, 0.25) is 0 Å². The summed E-state index contributed by atoms with van der Waals surface area (Å²) in [4.78, 5) is 16.7. The molecule has 3 rings (SSSR count). The number of nitrogens with zero attached hydrogens (tertiary/aromatic N) is 2. The van der Waals surface area contributed by atoms with Gasteiger partial charge in [-0.2, -0.15) is 0 Å². The van der Waals surface area contributed by atoms with Crippen LogP contribution in [0.1, 0.15) is 34.8 Å². The number of hydrogen-bond donors (Lipinski definition) is 1. The summed E-state index contributed by atoms with van der Waals surface area (Å²) in [5.41, 5.74) is 1.93. The number of hydrogen-bond acceptors (Lipinski definition) is 4. The van der Waals surface area contributed by atoms with Crippen LogP contribution in [0.4, 0.5) is 10.1 Å². The Labute approximate surface area is 166 Å². The fraction of sp³-hybridized carbons (Fsp3) is 0.409. The molecule has 1 aliphatic heterocycles. The average molecular weight is 385 g/mol. The van der Waals surface area contributed by atoms with E-state index in [4.69, 9.17) is 4.74 Å². The van der Waals surface area contributed by atoms with Gasteiger partial charge in [0, 0.05) is 26.2 Å². The molecule has 1 amide bonds. The molecule has 1 atom stereocenters. The van der Waals surface area contributed by atoms with E-state index in [-0.39, 0.29) is 11.9 Å². The van der Waals surface area contributed by atoms with Gasteiger partial charge in [-0.25, -0.2) is 4.39 Å². The predicted octanol–water partition coefficient (Wildman–Crippen LogP) is 3.47. The Morgan fingerprint density at radius 1 is 1.18 bits per heavy atom. The van der Waals surface area contributed by atoms with Crippen molar-refractivity contribution in [3.05, 3.63) is 59.4 Å². The number of halogens is 1. The zero-order chi connectivity index (χ0) is 20.1. The van der Waals surface area contributed by atoms with Gasteiger partial charge in [0.25, 0.3) is 5.91 Å². The molecule has 0 aliphatic carbocycles. The molecule has 1 N–H and O–H groups in total. The van der Waals surface area contributed by atoms with E-state index >= 15 is 0 Å². The highest BCUT2D eigenvalue weighted by atomic mass is 19.1. The van der Waals surface area contributed by atoms with Crippen molar-refractivity contribution in [2.75, 3.05) is 45.7 Å². The van der Waals surface area contributed by atoms with Gasteiger partial charge in [-0.3, -0.25) is 9.69 Å². The first-order valence-electron chi connectivity index (χ1n) is 9.62. The van der Waals surface area contributed by atoms with E-state index in [1.54, 1.807) is 38.2 Å². The van der Waals surface area contributed by atoms with Crippen LogP contribution in [0.25, 0.3) is 0 Å². The molecule has 6 heteroatoms. The van der Waals surface area contributed by atoms with E-state index in [0.29, 0.717) is 17.8 Å². The van der Waals surface area contributed by atoms with Crippen molar-refractivity contribution in [1.29, 1.82) is 0 Å². The first-order valence-corrected chi connectivity index (χ1v) is 9.62. The third-order valence-electron chi connectivity index (χ3n) is 5.23. The first-order chi connectivity index (χ1) is 13.5. The number of amides is 1. The molecule has 1 saturated heterocycles. The van der Waals surface area contributed by atoms with E-state index in [0.717, 1.165) is 37.2 Å². The third-order valence-corrected chi connectivity index (χ3v) is 5.23.